The maximum Gasteiger partial charge on any atom is 0.295 e. The number of likely N-dealkylation sites (tertiary alicyclic amines) is 1. The van der Waals surface area contributed by atoms with Gasteiger partial charge in [-0.25, -0.2) is 0 Å². The molecule has 4 rings (SSSR count). The molecule has 0 aliphatic carbocycles. The van der Waals surface area contributed by atoms with Crippen LogP contribution in [0.5, 0.6) is 11.5 Å². The van der Waals surface area contributed by atoms with Crippen molar-refractivity contribution in [2.75, 3.05) is 40.4 Å². The van der Waals surface area contributed by atoms with E-state index in [1.807, 2.05) is 43.3 Å². The number of fused-ring (bicyclic) bond motifs is 1. The SMILES string of the molecule is CN(C)CCN1C(=O)C(=O)/C(=C(/O)c2ccc3c(c2)OCCO3)[C@H]1c1ccc(C(C)(C)C)cc1. The first-order valence-corrected chi connectivity index (χ1v) is 11.5. The summed E-state index contributed by atoms with van der Waals surface area (Å²) in [5, 5.41) is 11.3. The first-order chi connectivity index (χ1) is 16.1. The average Bonchev–Trinajstić information content (AvgIpc) is 3.06. The Balaban J connectivity index is 1.81. The number of hydrogen-bond donors (Lipinski definition) is 1. The lowest BCUT2D eigenvalue weighted by atomic mass is 9.85. The molecule has 0 bridgehead atoms. The van der Waals surface area contributed by atoms with Gasteiger partial charge in [-0.3, -0.25) is 9.59 Å². The Morgan fingerprint density at radius 1 is 1.03 bits per heavy atom. The summed E-state index contributed by atoms with van der Waals surface area (Å²) in [6, 6.07) is 12.3. The van der Waals surface area contributed by atoms with Gasteiger partial charge in [0.15, 0.2) is 11.5 Å². The number of rotatable bonds is 5. The Bertz CT molecular complexity index is 1130. The number of likely N-dealkylation sites (N-methyl/N-ethyl adjacent to an activating group) is 1. The van der Waals surface area contributed by atoms with E-state index in [9.17, 15) is 14.7 Å². The van der Waals surface area contributed by atoms with Crippen LogP contribution in [0.15, 0.2) is 48.0 Å². The van der Waals surface area contributed by atoms with Crippen LogP contribution in [0.1, 0.15) is 43.5 Å². The van der Waals surface area contributed by atoms with Crippen molar-refractivity contribution in [1.29, 1.82) is 0 Å². The summed E-state index contributed by atoms with van der Waals surface area (Å²) < 4.78 is 11.2. The van der Waals surface area contributed by atoms with Crippen molar-refractivity contribution in [1.82, 2.24) is 9.80 Å². The summed E-state index contributed by atoms with van der Waals surface area (Å²) in [5.41, 5.74) is 2.39. The molecule has 34 heavy (non-hydrogen) atoms. The minimum absolute atomic E-state index is 0.0313. The summed E-state index contributed by atoms with van der Waals surface area (Å²) in [6.07, 6.45) is 0. The van der Waals surface area contributed by atoms with Crippen LogP contribution in [0.3, 0.4) is 0 Å². The first-order valence-electron chi connectivity index (χ1n) is 11.5. The summed E-state index contributed by atoms with van der Waals surface area (Å²) in [4.78, 5) is 29.8. The number of hydrogen-bond acceptors (Lipinski definition) is 6. The molecule has 2 aliphatic heterocycles. The molecule has 1 fully saturated rings. The van der Waals surface area contributed by atoms with Crippen LogP contribution < -0.4 is 9.47 Å². The van der Waals surface area contributed by atoms with Crippen LogP contribution in [0, 0.1) is 0 Å². The van der Waals surface area contributed by atoms with Gasteiger partial charge in [-0.15, -0.1) is 0 Å². The second-order valence-corrected chi connectivity index (χ2v) is 10.0. The van der Waals surface area contributed by atoms with Crippen molar-refractivity contribution in [3.05, 3.63) is 64.7 Å². The highest BCUT2D eigenvalue weighted by Crippen LogP contribution is 2.41. The molecule has 0 saturated carbocycles. The van der Waals surface area contributed by atoms with E-state index in [0.29, 0.717) is 43.4 Å². The quantitative estimate of drug-likeness (QED) is 0.413. The normalized spacial score (nSPS) is 19.7. The molecule has 0 radical (unpaired) electrons. The molecule has 180 valence electrons. The summed E-state index contributed by atoms with van der Waals surface area (Å²) in [7, 11) is 3.83. The fraction of sp³-hybridized carbons (Fsp3) is 0.407. The third kappa shape index (κ3) is 4.53. The molecule has 2 aliphatic rings. The molecule has 1 amide bonds. The second kappa shape index (κ2) is 9.14. The Morgan fingerprint density at radius 2 is 1.68 bits per heavy atom. The summed E-state index contributed by atoms with van der Waals surface area (Å²) >= 11 is 0. The number of carbonyl (C=O) groups is 2. The van der Waals surface area contributed by atoms with E-state index in [1.54, 1.807) is 23.1 Å². The van der Waals surface area contributed by atoms with Gasteiger partial charge < -0.3 is 24.4 Å². The molecular formula is C27H32N2O5. The number of carbonyl (C=O) groups excluding carboxylic acids is 2. The Hall–Kier alpha value is -3.32. The molecule has 0 unspecified atom stereocenters. The van der Waals surface area contributed by atoms with Gasteiger partial charge in [0.25, 0.3) is 11.7 Å². The van der Waals surface area contributed by atoms with Crippen LogP contribution in [-0.2, 0) is 15.0 Å². The lowest BCUT2D eigenvalue weighted by Gasteiger charge is -2.27. The molecule has 7 heteroatoms. The van der Waals surface area contributed by atoms with E-state index >= 15 is 0 Å². The fourth-order valence-electron chi connectivity index (χ4n) is 4.28. The van der Waals surface area contributed by atoms with Crippen LogP contribution in [0.4, 0.5) is 0 Å². The lowest BCUT2D eigenvalue weighted by molar-refractivity contribution is -0.140. The Morgan fingerprint density at radius 3 is 2.29 bits per heavy atom. The monoisotopic (exact) mass is 464 g/mol. The highest BCUT2D eigenvalue weighted by atomic mass is 16.6. The van der Waals surface area contributed by atoms with Gasteiger partial charge in [0.05, 0.1) is 11.6 Å². The number of aliphatic hydroxyl groups excluding tert-OH is 1. The maximum absolute atomic E-state index is 13.2. The van der Waals surface area contributed by atoms with E-state index in [-0.39, 0.29) is 16.7 Å². The fourth-order valence-corrected chi connectivity index (χ4v) is 4.28. The minimum Gasteiger partial charge on any atom is -0.507 e. The van der Waals surface area contributed by atoms with Gasteiger partial charge in [0.1, 0.15) is 19.0 Å². The molecular weight excluding hydrogens is 432 g/mol. The van der Waals surface area contributed by atoms with Gasteiger partial charge in [-0.1, -0.05) is 45.0 Å². The van der Waals surface area contributed by atoms with E-state index in [1.165, 1.54) is 0 Å². The minimum atomic E-state index is -0.684. The molecule has 7 nitrogen and oxygen atoms in total. The number of aliphatic hydroxyl groups is 1. The largest absolute Gasteiger partial charge is 0.507 e. The molecule has 1 saturated heterocycles. The number of amides is 1. The molecule has 2 aromatic rings. The van der Waals surface area contributed by atoms with Crippen LogP contribution in [0.2, 0.25) is 0 Å². The van der Waals surface area contributed by atoms with E-state index in [0.717, 1.165) is 11.1 Å². The lowest BCUT2D eigenvalue weighted by Crippen LogP contribution is -2.35. The highest BCUT2D eigenvalue weighted by molar-refractivity contribution is 6.46. The standard InChI is InChI=1S/C27H32N2O5/c1-27(2,3)19-9-6-17(7-10-19)23-22(25(31)26(32)29(23)13-12-28(4)5)24(30)18-8-11-20-21(16-18)34-15-14-33-20/h6-11,16,23,30H,12-15H2,1-5H3/b24-22+/t23-/m1/s1. The Kier molecular flexibility index (Phi) is 6.41. The Labute approximate surface area is 200 Å². The van der Waals surface area contributed by atoms with E-state index in [2.05, 4.69) is 20.8 Å². The number of benzene rings is 2. The molecule has 0 aromatic heterocycles. The van der Waals surface area contributed by atoms with Crippen molar-refractivity contribution in [2.24, 2.45) is 0 Å². The predicted octanol–water partition coefficient (Wildman–Crippen LogP) is 3.74. The first kappa shape index (κ1) is 23.8. The topological polar surface area (TPSA) is 79.3 Å². The number of ketones is 1. The van der Waals surface area contributed by atoms with Crippen molar-refractivity contribution in [3.63, 3.8) is 0 Å². The zero-order valence-electron chi connectivity index (χ0n) is 20.4. The van der Waals surface area contributed by atoms with Gasteiger partial charge in [-0.2, -0.15) is 0 Å². The van der Waals surface area contributed by atoms with Gasteiger partial charge in [-0.05, 0) is 48.8 Å². The van der Waals surface area contributed by atoms with Crippen LogP contribution in [-0.4, -0.2) is 67.0 Å². The van der Waals surface area contributed by atoms with Gasteiger partial charge in [0.2, 0.25) is 0 Å². The van der Waals surface area contributed by atoms with Gasteiger partial charge in [0, 0.05) is 18.7 Å². The molecule has 1 atom stereocenters. The summed E-state index contributed by atoms with van der Waals surface area (Å²) in [6.45, 7) is 8.22. The maximum atomic E-state index is 13.2. The van der Waals surface area contributed by atoms with Crippen molar-refractivity contribution >= 4 is 17.4 Å². The highest BCUT2D eigenvalue weighted by Gasteiger charge is 2.46. The van der Waals surface area contributed by atoms with Crippen molar-refractivity contribution in [3.8, 4) is 11.5 Å². The molecule has 2 aromatic carbocycles. The van der Waals surface area contributed by atoms with E-state index in [4.69, 9.17) is 9.47 Å². The van der Waals surface area contributed by atoms with E-state index < -0.39 is 17.7 Å². The van der Waals surface area contributed by atoms with Crippen molar-refractivity contribution in [2.45, 2.75) is 32.2 Å². The summed E-state index contributed by atoms with van der Waals surface area (Å²) in [5.74, 6) is -0.416. The zero-order chi connectivity index (χ0) is 24.6. The predicted molar refractivity (Wildman–Crippen MR) is 130 cm³/mol. The third-order valence-electron chi connectivity index (χ3n) is 6.24. The zero-order valence-corrected chi connectivity index (χ0v) is 20.4. The smallest absolute Gasteiger partial charge is 0.295 e. The van der Waals surface area contributed by atoms with Crippen molar-refractivity contribution < 1.29 is 24.2 Å². The third-order valence-corrected chi connectivity index (χ3v) is 6.24. The van der Waals surface area contributed by atoms with Gasteiger partial charge >= 0.3 is 0 Å². The molecule has 1 N–H and O–H groups in total. The molecule has 2 heterocycles. The molecule has 0 spiro atoms. The van der Waals surface area contributed by atoms with Crippen LogP contribution >= 0.6 is 0 Å². The average molecular weight is 465 g/mol. The number of nitrogens with zero attached hydrogens (tertiary/aromatic N) is 2. The van der Waals surface area contributed by atoms with Crippen LogP contribution in [0.25, 0.3) is 5.76 Å². The second-order valence-electron chi connectivity index (χ2n) is 10.0. The number of ether oxygens (including phenoxy) is 2. The number of Topliss-reactive ketones (excluding diaryl/α,β-unsaturated/α-hetero) is 1.